The summed E-state index contributed by atoms with van der Waals surface area (Å²) in [5.74, 6) is -1.68. The molecule has 8 heteroatoms. The monoisotopic (exact) mass is 405 g/mol. The van der Waals surface area contributed by atoms with E-state index in [-0.39, 0.29) is 34.6 Å². The third-order valence-corrected chi connectivity index (χ3v) is 5.70. The van der Waals surface area contributed by atoms with E-state index in [0.717, 1.165) is 11.3 Å². The van der Waals surface area contributed by atoms with Gasteiger partial charge in [0.1, 0.15) is 22.6 Å². The van der Waals surface area contributed by atoms with Crippen molar-refractivity contribution >= 4 is 40.3 Å². The number of anilines is 1. The minimum Gasteiger partial charge on any atom is -0.462 e. The quantitative estimate of drug-likeness (QED) is 0.463. The largest absolute Gasteiger partial charge is 0.462 e. The molecule has 0 spiro atoms. The van der Waals surface area contributed by atoms with Crippen molar-refractivity contribution in [1.29, 1.82) is 10.5 Å². The number of ketones is 1. The molecule has 0 saturated heterocycles. The van der Waals surface area contributed by atoms with Gasteiger partial charge < -0.3 is 10.1 Å². The van der Waals surface area contributed by atoms with Gasteiger partial charge in [0.15, 0.2) is 5.78 Å². The molecule has 0 aliphatic carbocycles. The zero-order chi connectivity index (χ0) is 21.1. The van der Waals surface area contributed by atoms with Gasteiger partial charge in [0.2, 0.25) is 0 Å². The van der Waals surface area contributed by atoms with E-state index in [1.165, 1.54) is 0 Å². The normalized spacial score (nSPS) is 13.7. The Morgan fingerprint density at radius 1 is 1.24 bits per heavy atom. The Labute approximate surface area is 170 Å². The highest BCUT2D eigenvalue weighted by molar-refractivity contribution is 7.14. The molecule has 144 valence electrons. The number of Topliss-reactive ketones (excluding diaryl/α,β-unsaturated/α-hetero) is 1. The second-order valence-corrected chi connectivity index (χ2v) is 7.25. The van der Waals surface area contributed by atoms with Crippen LogP contribution >= 0.6 is 11.3 Å². The van der Waals surface area contributed by atoms with Gasteiger partial charge >= 0.3 is 5.97 Å². The number of allylic oxidation sites excluding steroid dienone is 1. The van der Waals surface area contributed by atoms with Crippen molar-refractivity contribution in [2.45, 2.75) is 20.3 Å². The lowest BCUT2D eigenvalue weighted by Crippen LogP contribution is -2.12. The molecule has 3 rings (SSSR count). The molecule has 1 N–H and O–H groups in total. The lowest BCUT2D eigenvalue weighted by molar-refractivity contribution is -0.115. The Hall–Kier alpha value is -3.75. The van der Waals surface area contributed by atoms with Crippen LogP contribution in [-0.4, -0.2) is 24.3 Å². The number of esters is 1. The predicted molar refractivity (Wildman–Crippen MR) is 106 cm³/mol. The fourth-order valence-electron chi connectivity index (χ4n) is 3.09. The fourth-order valence-corrected chi connectivity index (χ4v) is 4.24. The number of ether oxygens (including phenoxy) is 1. The minimum absolute atomic E-state index is 0.0190. The lowest BCUT2D eigenvalue weighted by Gasteiger charge is -2.03. The summed E-state index contributed by atoms with van der Waals surface area (Å²) in [6.07, 6.45) is -0.268. The average Bonchev–Trinajstić information content (AvgIpc) is 3.19. The molecule has 1 aromatic carbocycles. The number of benzene rings is 1. The molecule has 0 radical (unpaired) electrons. The molecular weight excluding hydrogens is 390 g/mol. The first-order chi connectivity index (χ1) is 13.9. The molecule has 1 aliphatic heterocycles. The average molecular weight is 405 g/mol. The van der Waals surface area contributed by atoms with Gasteiger partial charge in [-0.3, -0.25) is 9.59 Å². The van der Waals surface area contributed by atoms with Crippen molar-refractivity contribution in [3.8, 4) is 12.1 Å². The number of nitrogens with zero attached hydrogens (tertiary/aromatic N) is 2. The summed E-state index contributed by atoms with van der Waals surface area (Å²) in [4.78, 5) is 37.9. The Bertz CT molecular complexity index is 1160. The lowest BCUT2D eigenvalue weighted by atomic mass is 9.96. The predicted octanol–water partition coefficient (Wildman–Crippen LogP) is 3.15. The number of hydrogen-bond acceptors (Lipinski definition) is 7. The third-order valence-electron chi connectivity index (χ3n) is 4.43. The SMILES string of the molecule is CCOC(=O)c1sc(CC(=O)/C(C#N)=C2\C(=O)Nc3ccccc32)c(C#N)c1C. The van der Waals surface area contributed by atoms with Crippen LogP contribution in [0.25, 0.3) is 5.57 Å². The molecule has 29 heavy (non-hydrogen) atoms. The highest BCUT2D eigenvalue weighted by Crippen LogP contribution is 2.35. The fraction of sp³-hybridized carbons (Fsp3) is 0.190. The zero-order valence-electron chi connectivity index (χ0n) is 15.7. The number of nitrogens with one attached hydrogen (secondary N) is 1. The molecule has 0 fully saturated rings. The van der Waals surface area contributed by atoms with Crippen LogP contribution in [-0.2, 0) is 20.7 Å². The van der Waals surface area contributed by atoms with Gasteiger partial charge in [-0.2, -0.15) is 10.5 Å². The maximum atomic E-state index is 12.9. The number of fused-ring (bicyclic) bond motifs is 1. The van der Waals surface area contributed by atoms with Crippen LogP contribution in [0.5, 0.6) is 0 Å². The molecule has 0 atom stereocenters. The van der Waals surface area contributed by atoms with E-state index in [2.05, 4.69) is 5.32 Å². The van der Waals surface area contributed by atoms with Gasteiger partial charge in [-0.15, -0.1) is 11.3 Å². The molecule has 2 heterocycles. The first kappa shape index (κ1) is 20.0. The number of hydrogen-bond donors (Lipinski definition) is 1. The number of para-hydroxylation sites is 1. The number of carbonyl (C=O) groups is 3. The summed E-state index contributed by atoms with van der Waals surface area (Å²) < 4.78 is 4.99. The van der Waals surface area contributed by atoms with E-state index in [1.54, 1.807) is 38.1 Å². The summed E-state index contributed by atoms with van der Waals surface area (Å²) in [5, 5.41) is 21.7. The van der Waals surface area contributed by atoms with Crippen molar-refractivity contribution < 1.29 is 19.1 Å². The van der Waals surface area contributed by atoms with Crippen LogP contribution in [0, 0.1) is 29.6 Å². The third kappa shape index (κ3) is 3.54. The molecule has 7 nitrogen and oxygen atoms in total. The molecule has 1 amide bonds. The molecule has 1 aliphatic rings. The Morgan fingerprint density at radius 2 is 1.97 bits per heavy atom. The first-order valence-electron chi connectivity index (χ1n) is 8.70. The van der Waals surface area contributed by atoms with E-state index in [1.807, 2.05) is 12.1 Å². The first-order valence-corrected chi connectivity index (χ1v) is 9.52. The molecule has 0 unspecified atom stereocenters. The highest BCUT2D eigenvalue weighted by atomic mass is 32.1. The van der Waals surface area contributed by atoms with E-state index < -0.39 is 17.7 Å². The summed E-state index contributed by atoms with van der Waals surface area (Å²) in [5.41, 5.74) is 1.41. The van der Waals surface area contributed by atoms with Crippen LogP contribution in [0.2, 0.25) is 0 Å². The topological polar surface area (TPSA) is 120 Å². The molecule has 0 saturated carbocycles. The van der Waals surface area contributed by atoms with Crippen LogP contribution in [0.15, 0.2) is 29.8 Å². The minimum atomic E-state index is -0.595. The summed E-state index contributed by atoms with van der Waals surface area (Å²) in [6, 6.07) is 10.6. The molecular formula is C21H15N3O4S. The van der Waals surface area contributed by atoms with Gasteiger partial charge in [0.05, 0.1) is 17.7 Å². The maximum Gasteiger partial charge on any atom is 0.348 e. The number of carbonyl (C=O) groups excluding carboxylic acids is 3. The number of rotatable bonds is 5. The highest BCUT2D eigenvalue weighted by Gasteiger charge is 2.31. The Balaban J connectivity index is 2.02. The van der Waals surface area contributed by atoms with Crippen molar-refractivity contribution in [1.82, 2.24) is 0 Å². The number of thiophene rings is 1. The standard InChI is InChI=1S/C21H15N3O4S/c1-3-28-21(27)19-11(2)13(9-22)17(29-19)8-16(25)14(10-23)18-12-6-4-5-7-15(12)24-20(18)26/h4-7H,3,8H2,1-2H3,(H,24,26)/b18-14-. The number of amides is 1. The van der Waals surface area contributed by atoms with Crippen LogP contribution in [0.1, 0.15) is 38.2 Å². The van der Waals surface area contributed by atoms with Crippen molar-refractivity contribution in [3.05, 3.63) is 56.3 Å². The van der Waals surface area contributed by atoms with Crippen LogP contribution in [0.4, 0.5) is 5.69 Å². The van der Waals surface area contributed by atoms with Gasteiger partial charge in [0.25, 0.3) is 5.91 Å². The van der Waals surface area contributed by atoms with E-state index in [4.69, 9.17) is 4.74 Å². The summed E-state index contributed by atoms with van der Waals surface area (Å²) >= 11 is 0.993. The molecule has 2 aromatic rings. The summed E-state index contributed by atoms with van der Waals surface area (Å²) in [7, 11) is 0. The Kier molecular flexibility index (Phi) is 5.58. The van der Waals surface area contributed by atoms with Crippen LogP contribution < -0.4 is 5.32 Å². The molecule has 0 bridgehead atoms. The van der Waals surface area contributed by atoms with Gasteiger partial charge in [-0.1, -0.05) is 18.2 Å². The molecule has 1 aromatic heterocycles. The van der Waals surface area contributed by atoms with Gasteiger partial charge in [-0.05, 0) is 25.5 Å². The number of nitriles is 2. The van der Waals surface area contributed by atoms with Crippen molar-refractivity contribution in [3.63, 3.8) is 0 Å². The van der Waals surface area contributed by atoms with Crippen molar-refractivity contribution in [2.75, 3.05) is 11.9 Å². The van der Waals surface area contributed by atoms with Crippen molar-refractivity contribution in [2.24, 2.45) is 0 Å². The maximum absolute atomic E-state index is 12.9. The van der Waals surface area contributed by atoms with E-state index >= 15 is 0 Å². The smallest absolute Gasteiger partial charge is 0.348 e. The van der Waals surface area contributed by atoms with Crippen LogP contribution in [0.3, 0.4) is 0 Å². The van der Waals surface area contributed by atoms with E-state index in [0.29, 0.717) is 21.7 Å². The summed E-state index contributed by atoms with van der Waals surface area (Å²) in [6.45, 7) is 3.47. The second-order valence-electron chi connectivity index (χ2n) is 6.15. The van der Waals surface area contributed by atoms with Gasteiger partial charge in [0, 0.05) is 22.5 Å². The van der Waals surface area contributed by atoms with E-state index in [9.17, 15) is 24.9 Å². The zero-order valence-corrected chi connectivity index (χ0v) is 16.5. The Morgan fingerprint density at radius 3 is 2.62 bits per heavy atom. The second kappa shape index (κ2) is 8.09. The van der Waals surface area contributed by atoms with Gasteiger partial charge in [-0.25, -0.2) is 4.79 Å².